The normalized spacial score (nSPS) is 21.4. The zero-order valence-electron chi connectivity index (χ0n) is 16.2. The highest BCUT2D eigenvalue weighted by molar-refractivity contribution is 5.74. The number of aromatic nitrogens is 2. The van der Waals surface area contributed by atoms with Gasteiger partial charge in [-0.2, -0.15) is 4.98 Å². The topological polar surface area (TPSA) is 93.0 Å². The fourth-order valence-corrected chi connectivity index (χ4v) is 3.55. The Kier molecular flexibility index (Phi) is 7.85. The summed E-state index contributed by atoms with van der Waals surface area (Å²) in [7, 11) is 1.65. The van der Waals surface area contributed by atoms with Gasteiger partial charge in [0, 0.05) is 39.7 Å². The second-order valence-electron chi connectivity index (χ2n) is 7.04. The van der Waals surface area contributed by atoms with E-state index in [1.807, 2.05) is 4.90 Å². The maximum absolute atomic E-state index is 12.7. The van der Waals surface area contributed by atoms with Gasteiger partial charge in [0.05, 0.1) is 19.8 Å². The lowest BCUT2D eigenvalue weighted by molar-refractivity contribution is 0.0374. The maximum atomic E-state index is 12.7. The van der Waals surface area contributed by atoms with E-state index in [-0.39, 0.29) is 12.1 Å². The van der Waals surface area contributed by atoms with Crippen molar-refractivity contribution in [2.45, 2.75) is 38.1 Å². The van der Waals surface area contributed by atoms with Crippen molar-refractivity contribution < 1.29 is 18.8 Å². The van der Waals surface area contributed by atoms with Gasteiger partial charge in [-0.25, -0.2) is 4.79 Å². The van der Waals surface area contributed by atoms with Gasteiger partial charge in [0.1, 0.15) is 6.04 Å². The molecule has 0 aliphatic carbocycles. The molecule has 3 heterocycles. The lowest BCUT2D eigenvalue weighted by atomic mass is 10.0. The molecule has 1 unspecified atom stereocenters. The van der Waals surface area contributed by atoms with Crippen LogP contribution >= 0.6 is 0 Å². The standard InChI is InChI=1S/C18H31N5O4/c1-25-12-6-16-20-17(27-21-16)15-5-2-3-9-23(15)18(24)19-7-4-8-22-10-13-26-14-11-22/h15H,2-14H2,1H3,(H,19,24). The van der Waals surface area contributed by atoms with Gasteiger partial charge in [-0.3, -0.25) is 4.90 Å². The van der Waals surface area contributed by atoms with Crippen LogP contribution in [0.2, 0.25) is 0 Å². The van der Waals surface area contributed by atoms with E-state index in [1.54, 1.807) is 7.11 Å². The van der Waals surface area contributed by atoms with Gasteiger partial charge in [-0.15, -0.1) is 0 Å². The molecule has 2 aliphatic heterocycles. The minimum absolute atomic E-state index is 0.0432. The molecule has 1 aromatic heterocycles. The van der Waals surface area contributed by atoms with Gasteiger partial charge >= 0.3 is 6.03 Å². The molecule has 1 N–H and O–H groups in total. The lowest BCUT2D eigenvalue weighted by Crippen LogP contribution is -2.45. The molecule has 9 heteroatoms. The van der Waals surface area contributed by atoms with E-state index in [9.17, 15) is 4.79 Å². The maximum Gasteiger partial charge on any atom is 0.318 e. The number of nitrogens with one attached hydrogen (secondary N) is 1. The summed E-state index contributed by atoms with van der Waals surface area (Å²) < 4.78 is 15.8. The van der Waals surface area contributed by atoms with E-state index >= 15 is 0 Å². The molecule has 0 spiro atoms. The first-order valence-corrected chi connectivity index (χ1v) is 9.94. The molecule has 2 aliphatic rings. The van der Waals surface area contributed by atoms with Crippen molar-refractivity contribution in [1.29, 1.82) is 0 Å². The molecular formula is C18H31N5O4. The van der Waals surface area contributed by atoms with Crippen molar-refractivity contribution in [2.75, 3.05) is 59.7 Å². The Bertz CT molecular complexity index is 576. The summed E-state index contributed by atoms with van der Waals surface area (Å²) in [4.78, 5) is 21.4. The third-order valence-electron chi connectivity index (χ3n) is 5.09. The molecule has 0 radical (unpaired) electrons. The SMILES string of the molecule is COCCc1noc(C2CCCCN2C(=O)NCCCN2CCOCC2)n1. The van der Waals surface area contributed by atoms with Crippen LogP contribution in [0, 0.1) is 0 Å². The van der Waals surface area contributed by atoms with Crippen LogP contribution in [-0.4, -0.2) is 85.6 Å². The average Bonchev–Trinajstić information content (AvgIpc) is 3.19. The number of hydrogen-bond acceptors (Lipinski definition) is 7. The van der Waals surface area contributed by atoms with Gasteiger partial charge in [0.15, 0.2) is 5.82 Å². The lowest BCUT2D eigenvalue weighted by Gasteiger charge is -2.33. The number of piperidine rings is 1. The Balaban J connectivity index is 1.47. The van der Waals surface area contributed by atoms with Crippen LogP contribution in [0.4, 0.5) is 4.79 Å². The fourth-order valence-electron chi connectivity index (χ4n) is 3.55. The van der Waals surface area contributed by atoms with E-state index in [4.69, 9.17) is 14.0 Å². The van der Waals surface area contributed by atoms with Gasteiger partial charge in [-0.05, 0) is 32.2 Å². The van der Waals surface area contributed by atoms with E-state index in [0.717, 1.165) is 65.1 Å². The van der Waals surface area contributed by atoms with Gasteiger partial charge in [0.2, 0.25) is 5.89 Å². The monoisotopic (exact) mass is 381 g/mol. The van der Waals surface area contributed by atoms with E-state index < -0.39 is 0 Å². The highest BCUT2D eigenvalue weighted by Crippen LogP contribution is 2.29. The number of amides is 2. The molecule has 1 atom stereocenters. The number of methoxy groups -OCH3 is 1. The van der Waals surface area contributed by atoms with Crippen LogP contribution in [0.25, 0.3) is 0 Å². The third-order valence-corrected chi connectivity index (χ3v) is 5.09. The van der Waals surface area contributed by atoms with Gasteiger partial charge in [0.25, 0.3) is 0 Å². The van der Waals surface area contributed by atoms with Crippen molar-refractivity contribution >= 4 is 6.03 Å². The predicted molar refractivity (Wildman–Crippen MR) is 98.5 cm³/mol. The molecule has 152 valence electrons. The zero-order valence-corrected chi connectivity index (χ0v) is 16.2. The second kappa shape index (κ2) is 10.6. The highest BCUT2D eigenvalue weighted by atomic mass is 16.5. The first kappa shape index (κ1) is 20.0. The molecule has 2 amide bonds. The quantitative estimate of drug-likeness (QED) is 0.677. The van der Waals surface area contributed by atoms with Crippen molar-refractivity contribution in [1.82, 2.24) is 25.3 Å². The zero-order chi connectivity index (χ0) is 18.9. The Labute approximate surface area is 160 Å². The van der Waals surface area contributed by atoms with Crippen molar-refractivity contribution in [3.63, 3.8) is 0 Å². The smallest absolute Gasteiger partial charge is 0.318 e. The molecule has 0 bridgehead atoms. The van der Waals surface area contributed by atoms with E-state index in [2.05, 4.69) is 20.4 Å². The molecule has 3 rings (SSSR count). The Morgan fingerprint density at radius 3 is 2.96 bits per heavy atom. The third kappa shape index (κ3) is 5.88. The number of morpholine rings is 1. The summed E-state index contributed by atoms with van der Waals surface area (Å²) >= 11 is 0. The fraction of sp³-hybridized carbons (Fsp3) is 0.833. The number of rotatable bonds is 8. The van der Waals surface area contributed by atoms with Crippen LogP contribution in [0.15, 0.2) is 4.52 Å². The molecule has 2 fully saturated rings. The summed E-state index contributed by atoms with van der Waals surface area (Å²) in [6.07, 6.45) is 4.46. The minimum atomic E-state index is -0.137. The highest BCUT2D eigenvalue weighted by Gasteiger charge is 2.32. The molecule has 0 aromatic carbocycles. The number of carbonyl (C=O) groups is 1. The molecule has 2 saturated heterocycles. The molecule has 27 heavy (non-hydrogen) atoms. The summed E-state index contributed by atoms with van der Waals surface area (Å²) in [5.74, 6) is 1.16. The number of ether oxygens (including phenoxy) is 2. The summed E-state index contributed by atoms with van der Waals surface area (Å²) in [5.41, 5.74) is 0. The van der Waals surface area contributed by atoms with Crippen LogP contribution < -0.4 is 5.32 Å². The summed E-state index contributed by atoms with van der Waals surface area (Å²) in [5, 5.41) is 7.06. The molecular weight excluding hydrogens is 350 g/mol. The van der Waals surface area contributed by atoms with E-state index in [0.29, 0.717) is 31.3 Å². The van der Waals surface area contributed by atoms with Gasteiger partial charge in [-0.1, -0.05) is 5.16 Å². The Hall–Kier alpha value is -1.71. The Morgan fingerprint density at radius 2 is 2.15 bits per heavy atom. The summed E-state index contributed by atoms with van der Waals surface area (Å²) in [6.45, 7) is 6.49. The number of hydrogen-bond donors (Lipinski definition) is 1. The van der Waals surface area contributed by atoms with Crippen LogP contribution in [0.3, 0.4) is 0 Å². The molecule has 1 aromatic rings. The van der Waals surface area contributed by atoms with Gasteiger partial charge < -0.3 is 24.2 Å². The number of likely N-dealkylation sites (tertiary alicyclic amines) is 1. The van der Waals surface area contributed by atoms with Crippen LogP contribution in [0.5, 0.6) is 0 Å². The largest absolute Gasteiger partial charge is 0.384 e. The van der Waals surface area contributed by atoms with Crippen LogP contribution in [-0.2, 0) is 15.9 Å². The number of carbonyl (C=O) groups excluding carboxylic acids is 1. The summed E-state index contributed by atoms with van der Waals surface area (Å²) in [6, 6.07) is -0.180. The predicted octanol–water partition coefficient (Wildman–Crippen LogP) is 1.22. The van der Waals surface area contributed by atoms with Crippen molar-refractivity contribution in [3.8, 4) is 0 Å². The van der Waals surface area contributed by atoms with E-state index in [1.165, 1.54) is 0 Å². The number of urea groups is 1. The van der Waals surface area contributed by atoms with Crippen molar-refractivity contribution in [2.24, 2.45) is 0 Å². The first-order valence-electron chi connectivity index (χ1n) is 9.94. The molecule has 0 saturated carbocycles. The molecule has 9 nitrogen and oxygen atoms in total. The second-order valence-corrected chi connectivity index (χ2v) is 7.04. The Morgan fingerprint density at radius 1 is 1.30 bits per heavy atom. The number of nitrogens with zero attached hydrogens (tertiary/aromatic N) is 4. The first-order chi connectivity index (χ1) is 13.3. The van der Waals surface area contributed by atoms with Crippen molar-refractivity contribution in [3.05, 3.63) is 11.7 Å². The minimum Gasteiger partial charge on any atom is -0.384 e. The average molecular weight is 381 g/mol. The van der Waals surface area contributed by atoms with Crippen LogP contribution in [0.1, 0.15) is 43.4 Å².